The molecule has 1 atom stereocenters. The van der Waals surface area contributed by atoms with Crippen molar-refractivity contribution in [1.82, 2.24) is 4.81 Å². The number of anilines is 1. The molecule has 0 aliphatic carbocycles. The second-order valence-electron chi connectivity index (χ2n) is 14.0. The van der Waals surface area contributed by atoms with Crippen LogP contribution in [0.4, 0.5) is 10.5 Å². The van der Waals surface area contributed by atoms with Gasteiger partial charge in [-0.05, 0) is 72.4 Å². The molecule has 0 radical (unpaired) electrons. The van der Waals surface area contributed by atoms with Crippen molar-refractivity contribution in [3.63, 3.8) is 0 Å². The fourth-order valence-electron chi connectivity index (χ4n) is 7.35. The monoisotopic (exact) mass is 658 g/mol. The first-order valence-corrected chi connectivity index (χ1v) is 17.8. The zero-order valence-corrected chi connectivity index (χ0v) is 30.0. The van der Waals surface area contributed by atoms with Gasteiger partial charge in [0, 0.05) is 24.6 Å². The van der Waals surface area contributed by atoms with Crippen molar-refractivity contribution in [2.45, 2.75) is 85.4 Å². The van der Waals surface area contributed by atoms with Gasteiger partial charge in [0.1, 0.15) is 12.2 Å². The van der Waals surface area contributed by atoms with Crippen LogP contribution in [-0.2, 0) is 28.0 Å². The van der Waals surface area contributed by atoms with Gasteiger partial charge in [0.15, 0.2) is 5.78 Å². The minimum Gasteiger partial charge on any atom is -0.444 e. The normalized spacial score (nSPS) is 18.0. The Morgan fingerprint density at radius 3 is 2.04 bits per heavy atom. The van der Waals surface area contributed by atoms with Crippen molar-refractivity contribution >= 4 is 24.6 Å². The predicted molar refractivity (Wildman–Crippen MR) is 200 cm³/mol. The molecule has 0 saturated carbocycles. The number of benzene rings is 4. The molecular weight excluding hydrogens is 607 g/mol. The number of carbonyl (C=O) groups is 2. The van der Waals surface area contributed by atoms with Crippen LogP contribution in [-0.4, -0.2) is 42.9 Å². The zero-order valence-electron chi connectivity index (χ0n) is 30.0. The van der Waals surface area contributed by atoms with Crippen molar-refractivity contribution in [3.05, 3.63) is 137 Å². The lowest BCUT2D eigenvalue weighted by Crippen LogP contribution is -2.41. The second-order valence-corrected chi connectivity index (χ2v) is 14.0. The van der Waals surface area contributed by atoms with E-state index in [0.717, 1.165) is 24.1 Å². The summed E-state index contributed by atoms with van der Waals surface area (Å²) in [7, 11) is 0.179. The van der Waals surface area contributed by atoms with Crippen molar-refractivity contribution < 1.29 is 19.0 Å². The Bertz CT molecular complexity index is 1630. The van der Waals surface area contributed by atoms with E-state index in [-0.39, 0.29) is 30.5 Å². The minimum atomic E-state index is -0.411. The van der Waals surface area contributed by atoms with E-state index in [1.165, 1.54) is 24.0 Å². The highest BCUT2D eigenvalue weighted by Gasteiger charge is 2.56. The number of nitrogens with zero attached hydrogens (tertiary/aromatic N) is 2. The van der Waals surface area contributed by atoms with Gasteiger partial charge in [0.05, 0.1) is 5.69 Å². The lowest BCUT2D eigenvalue weighted by molar-refractivity contribution is 0.0977. The first kappa shape index (κ1) is 36.1. The lowest BCUT2D eigenvalue weighted by Gasteiger charge is -2.36. The van der Waals surface area contributed by atoms with Crippen LogP contribution in [0, 0.1) is 5.41 Å². The fraction of sp³-hybridized carbons (Fsp3) is 0.381. The maximum Gasteiger partial charge on any atom is 0.414 e. The molecule has 0 aromatic heterocycles. The molecule has 3 heterocycles. The number of carbonyl (C=O) groups excluding carboxylic acids is 2. The molecule has 3 aliphatic heterocycles. The molecule has 3 aliphatic rings. The number of ketones is 1. The first-order chi connectivity index (χ1) is 23.7. The quantitative estimate of drug-likeness (QED) is 0.200. The molecular formula is C42H51BN2O4. The van der Waals surface area contributed by atoms with Gasteiger partial charge in [-0.15, -0.1) is 0 Å². The van der Waals surface area contributed by atoms with Gasteiger partial charge >= 0.3 is 13.1 Å². The highest BCUT2D eigenvalue weighted by Crippen LogP contribution is 2.48. The summed E-state index contributed by atoms with van der Waals surface area (Å²) in [5.41, 5.74) is 5.69. The van der Waals surface area contributed by atoms with Gasteiger partial charge in [0.25, 0.3) is 0 Å². The molecule has 0 spiro atoms. The summed E-state index contributed by atoms with van der Waals surface area (Å²) in [6, 6.07) is 37.3. The van der Waals surface area contributed by atoms with E-state index in [1.54, 1.807) is 4.90 Å². The molecule has 7 rings (SSSR count). The number of rotatable bonds is 5. The number of ether oxygens (including phenoxy) is 1. The van der Waals surface area contributed by atoms with Crippen LogP contribution in [0.5, 0.6) is 0 Å². The van der Waals surface area contributed by atoms with E-state index >= 15 is 0 Å². The average Bonchev–Trinajstić information content (AvgIpc) is 3.72. The van der Waals surface area contributed by atoms with Gasteiger partial charge in [-0.1, -0.05) is 132 Å². The van der Waals surface area contributed by atoms with Gasteiger partial charge in [-0.25, -0.2) is 4.79 Å². The van der Waals surface area contributed by atoms with Crippen LogP contribution in [0.3, 0.4) is 0 Å². The van der Waals surface area contributed by atoms with E-state index < -0.39 is 6.09 Å². The Balaban J connectivity index is 0.000000185. The van der Waals surface area contributed by atoms with Crippen molar-refractivity contribution in [2.24, 2.45) is 5.41 Å². The van der Waals surface area contributed by atoms with E-state index in [2.05, 4.69) is 93.1 Å². The number of fused-ring (bicyclic) bond motifs is 2. The van der Waals surface area contributed by atoms with Crippen molar-refractivity contribution in [1.29, 1.82) is 0 Å². The molecule has 0 bridgehead atoms. The van der Waals surface area contributed by atoms with Gasteiger partial charge in [0.2, 0.25) is 0 Å². The zero-order chi connectivity index (χ0) is 35.0. The van der Waals surface area contributed by atoms with E-state index in [0.29, 0.717) is 30.3 Å². The maximum atomic E-state index is 12.5. The van der Waals surface area contributed by atoms with Crippen LogP contribution >= 0.6 is 0 Å². The number of hydrogen-bond donors (Lipinski definition) is 0. The SMILES string of the molecule is CB1OC(c2ccccc2)(c2ccccc2)[C@@H]2CCCN12.CC.CC(C)(C)Cc1ccc2c(c1)C(=O)CCN2C(=O)OCc1ccccc1. The average molecular weight is 659 g/mol. The predicted octanol–water partition coefficient (Wildman–Crippen LogP) is 9.57. The third-order valence-corrected chi connectivity index (χ3v) is 9.37. The van der Waals surface area contributed by atoms with Crippen molar-refractivity contribution in [3.8, 4) is 0 Å². The molecule has 4 aromatic carbocycles. The van der Waals surface area contributed by atoms with Crippen molar-refractivity contribution in [2.75, 3.05) is 18.0 Å². The molecule has 0 unspecified atom stereocenters. The Hall–Kier alpha value is -4.20. The molecule has 4 aromatic rings. The van der Waals surface area contributed by atoms with Crippen LogP contribution in [0.1, 0.15) is 86.5 Å². The molecule has 2 fully saturated rings. The fourth-order valence-corrected chi connectivity index (χ4v) is 7.35. The van der Waals surface area contributed by atoms with E-state index in [1.807, 2.05) is 62.4 Å². The summed E-state index contributed by atoms with van der Waals surface area (Å²) in [4.78, 5) is 29.0. The second kappa shape index (κ2) is 16.0. The summed E-state index contributed by atoms with van der Waals surface area (Å²) in [6.45, 7) is 14.4. The molecule has 2 saturated heterocycles. The van der Waals surface area contributed by atoms with Crippen LogP contribution < -0.4 is 4.90 Å². The summed E-state index contributed by atoms with van der Waals surface area (Å²) in [6.07, 6.45) is 3.26. The minimum absolute atomic E-state index is 0.0860. The molecule has 0 N–H and O–H groups in total. The molecule has 7 heteroatoms. The Kier molecular flexibility index (Phi) is 11.8. The summed E-state index contributed by atoms with van der Waals surface area (Å²) in [5.74, 6) is 0.0860. The topological polar surface area (TPSA) is 59.1 Å². The smallest absolute Gasteiger partial charge is 0.414 e. The van der Waals surface area contributed by atoms with Crippen LogP contribution in [0.25, 0.3) is 0 Å². The standard InChI is InChI=1S/C22H25NO3.C18H20BNO.C2H6/c1-22(2,3)14-17-9-10-19-18(13-17)20(24)11-12-23(19)21(25)26-15-16-7-5-4-6-8-16;1-19-20-14-8-13-17(20)18(21-19,15-9-4-2-5-10-15)16-11-6-3-7-12-16;1-2/h4-10,13H,11-12,14-15H2,1-3H3;2-7,9-12,17H,8,13-14H2,1H3;1-2H3/t;17-;/m.0./s1. The third-order valence-electron chi connectivity index (χ3n) is 9.37. The molecule has 1 amide bonds. The third kappa shape index (κ3) is 8.17. The molecule has 49 heavy (non-hydrogen) atoms. The number of Topliss-reactive ketones (excluding diaryl/α,β-unsaturated/α-hetero) is 1. The Morgan fingerprint density at radius 1 is 0.857 bits per heavy atom. The molecule has 256 valence electrons. The summed E-state index contributed by atoms with van der Waals surface area (Å²) >= 11 is 0. The number of hydrogen-bond acceptors (Lipinski definition) is 5. The highest BCUT2D eigenvalue weighted by molar-refractivity contribution is 6.48. The maximum absolute atomic E-state index is 12.5. The van der Waals surface area contributed by atoms with Gasteiger partial charge < -0.3 is 14.2 Å². The summed E-state index contributed by atoms with van der Waals surface area (Å²) in [5, 5.41) is 0. The highest BCUT2D eigenvalue weighted by atomic mass is 16.6. The lowest BCUT2D eigenvalue weighted by atomic mass is 9.79. The Labute approximate surface area is 293 Å². The van der Waals surface area contributed by atoms with Crippen LogP contribution in [0.15, 0.2) is 109 Å². The van der Waals surface area contributed by atoms with Gasteiger partial charge in [-0.3, -0.25) is 9.69 Å². The van der Waals surface area contributed by atoms with Gasteiger partial charge in [-0.2, -0.15) is 0 Å². The Morgan fingerprint density at radius 2 is 1.45 bits per heavy atom. The van der Waals surface area contributed by atoms with E-state index in [9.17, 15) is 9.59 Å². The summed E-state index contributed by atoms with van der Waals surface area (Å²) < 4.78 is 12.1. The first-order valence-electron chi connectivity index (χ1n) is 17.8. The van der Waals surface area contributed by atoms with Crippen LogP contribution in [0.2, 0.25) is 6.82 Å². The van der Waals surface area contributed by atoms with E-state index in [4.69, 9.17) is 9.39 Å². The largest absolute Gasteiger partial charge is 0.444 e. The molecule has 6 nitrogen and oxygen atoms in total. The number of amides is 1.